The highest BCUT2D eigenvalue weighted by atomic mass is 35.5. The summed E-state index contributed by atoms with van der Waals surface area (Å²) >= 11 is 5.81. The maximum atomic E-state index is 12.1. The van der Waals surface area contributed by atoms with E-state index >= 15 is 0 Å². The summed E-state index contributed by atoms with van der Waals surface area (Å²) in [6.07, 6.45) is 0.870. The van der Waals surface area contributed by atoms with E-state index in [4.69, 9.17) is 11.6 Å². The Balaban J connectivity index is 1.90. The second kappa shape index (κ2) is 9.08. The molecule has 0 aliphatic rings. The molecule has 0 heterocycles. The monoisotopic (exact) mass is 359 g/mol. The molecule has 0 aliphatic heterocycles. The molecule has 0 radical (unpaired) electrons. The van der Waals surface area contributed by atoms with Gasteiger partial charge >= 0.3 is 0 Å². The first kappa shape index (κ1) is 18.8. The number of benzene rings is 2. The predicted molar refractivity (Wildman–Crippen MR) is 102 cm³/mol. The zero-order valence-corrected chi connectivity index (χ0v) is 15.1. The molecule has 0 saturated carbocycles. The number of hydrogen-bond acceptors (Lipinski definition) is 3. The highest BCUT2D eigenvalue weighted by Crippen LogP contribution is 2.14. The summed E-state index contributed by atoms with van der Waals surface area (Å²) in [5, 5.41) is 9.32. The number of rotatable bonds is 7. The summed E-state index contributed by atoms with van der Waals surface area (Å²) in [6.45, 7) is 4.07. The molecule has 0 aromatic heterocycles. The van der Waals surface area contributed by atoms with Crippen molar-refractivity contribution >= 4 is 34.8 Å². The topological polar surface area (TPSA) is 70.2 Å². The molecule has 0 fully saturated rings. The van der Waals surface area contributed by atoms with E-state index in [1.165, 1.54) is 0 Å². The summed E-state index contributed by atoms with van der Waals surface area (Å²) in [4.78, 5) is 24.1. The van der Waals surface area contributed by atoms with Gasteiger partial charge < -0.3 is 16.0 Å². The van der Waals surface area contributed by atoms with Crippen LogP contribution < -0.4 is 16.0 Å². The Bertz CT molecular complexity index is 732. The van der Waals surface area contributed by atoms with E-state index in [-0.39, 0.29) is 24.4 Å². The van der Waals surface area contributed by atoms with Crippen LogP contribution in [-0.4, -0.2) is 24.4 Å². The zero-order valence-electron chi connectivity index (χ0n) is 14.3. The minimum absolute atomic E-state index is 0.0963. The molecule has 0 spiro atoms. The van der Waals surface area contributed by atoms with Gasteiger partial charge in [-0.25, -0.2) is 0 Å². The quantitative estimate of drug-likeness (QED) is 0.701. The average Bonchev–Trinajstić information content (AvgIpc) is 2.62. The maximum absolute atomic E-state index is 12.1. The van der Waals surface area contributed by atoms with Gasteiger partial charge in [0.05, 0.1) is 6.54 Å². The minimum Gasteiger partial charge on any atom is -0.376 e. The van der Waals surface area contributed by atoms with E-state index in [9.17, 15) is 9.59 Å². The zero-order chi connectivity index (χ0) is 18.2. The van der Waals surface area contributed by atoms with E-state index in [1.807, 2.05) is 19.9 Å². The molecule has 25 heavy (non-hydrogen) atoms. The summed E-state index contributed by atoms with van der Waals surface area (Å²) in [6, 6.07) is 14.1. The molecule has 2 rings (SSSR count). The van der Waals surface area contributed by atoms with Crippen LogP contribution in [0.4, 0.5) is 11.4 Å². The number of carbonyl (C=O) groups is 2. The largest absolute Gasteiger partial charge is 0.376 e. The fourth-order valence-electron chi connectivity index (χ4n) is 2.10. The normalized spacial score (nSPS) is 11.5. The van der Waals surface area contributed by atoms with Crippen LogP contribution in [0.25, 0.3) is 0 Å². The van der Waals surface area contributed by atoms with Crippen molar-refractivity contribution < 1.29 is 9.59 Å². The van der Waals surface area contributed by atoms with E-state index in [0.29, 0.717) is 22.0 Å². The van der Waals surface area contributed by atoms with E-state index in [1.54, 1.807) is 42.5 Å². The third-order valence-electron chi connectivity index (χ3n) is 3.70. The Morgan fingerprint density at radius 2 is 1.80 bits per heavy atom. The van der Waals surface area contributed by atoms with Crippen molar-refractivity contribution in [2.45, 2.75) is 26.3 Å². The van der Waals surface area contributed by atoms with Crippen molar-refractivity contribution in [1.29, 1.82) is 0 Å². The minimum atomic E-state index is -0.184. The van der Waals surface area contributed by atoms with Crippen LogP contribution in [0.2, 0.25) is 5.02 Å². The Morgan fingerprint density at radius 1 is 1.08 bits per heavy atom. The van der Waals surface area contributed by atoms with Crippen LogP contribution >= 0.6 is 11.6 Å². The molecule has 2 aromatic carbocycles. The van der Waals surface area contributed by atoms with E-state index < -0.39 is 0 Å². The van der Waals surface area contributed by atoms with Gasteiger partial charge in [-0.15, -0.1) is 0 Å². The highest BCUT2D eigenvalue weighted by Gasteiger charge is 2.09. The molecule has 2 aromatic rings. The van der Waals surface area contributed by atoms with Crippen LogP contribution in [0.15, 0.2) is 48.5 Å². The van der Waals surface area contributed by atoms with Gasteiger partial charge in [-0.2, -0.15) is 0 Å². The summed E-state index contributed by atoms with van der Waals surface area (Å²) in [7, 11) is 0. The molecule has 6 heteroatoms. The molecular weight excluding hydrogens is 338 g/mol. The molecule has 5 nitrogen and oxygen atoms in total. The van der Waals surface area contributed by atoms with Crippen LogP contribution in [0.1, 0.15) is 30.6 Å². The molecular formula is C19H22ClN3O2. The van der Waals surface area contributed by atoms with Gasteiger partial charge in [0, 0.05) is 28.0 Å². The van der Waals surface area contributed by atoms with Crippen LogP contribution in [-0.2, 0) is 4.79 Å². The number of hydrogen-bond donors (Lipinski definition) is 3. The first-order valence-corrected chi connectivity index (χ1v) is 8.56. The number of carbonyl (C=O) groups excluding carboxylic acids is 2. The lowest BCUT2D eigenvalue weighted by atomic mass is 10.1. The summed E-state index contributed by atoms with van der Waals surface area (Å²) in [5.41, 5.74) is 1.95. The molecule has 2 amide bonds. The van der Waals surface area contributed by atoms with Crippen molar-refractivity contribution in [3.05, 3.63) is 59.1 Å². The molecule has 0 bridgehead atoms. The van der Waals surface area contributed by atoms with Crippen LogP contribution in [0, 0.1) is 0 Å². The fourth-order valence-corrected chi connectivity index (χ4v) is 2.23. The van der Waals surface area contributed by atoms with Crippen molar-refractivity contribution in [3.63, 3.8) is 0 Å². The summed E-state index contributed by atoms with van der Waals surface area (Å²) in [5.74, 6) is -0.305. The van der Waals surface area contributed by atoms with Crippen molar-refractivity contribution in [2.75, 3.05) is 17.2 Å². The van der Waals surface area contributed by atoms with Gasteiger partial charge in [0.1, 0.15) is 0 Å². The van der Waals surface area contributed by atoms with Gasteiger partial charge in [0.15, 0.2) is 0 Å². The Kier molecular flexibility index (Phi) is 6.83. The standard InChI is InChI=1S/C19H22ClN3O2/c1-3-13(2)22-19(25)14-5-4-6-17(11-14)21-12-18(24)23-16-9-7-15(20)8-10-16/h4-11,13,21H,3,12H2,1-2H3,(H,22,25)(H,23,24). The van der Waals surface area contributed by atoms with Crippen LogP contribution in [0.3, 0.4) is 0 Å². The average molecular weight is 360 g/mol. The Hall–Kier alpha value is -2.53. The maximum Gasteiger partial charge on any atom is 0.251 e. The number of anilines is 2. The second-order valence-corrected chi connectivity index (χ2v) is 6.21. The third-order valence-corrected chi connectivity index (χ3v) is 3.95. The molecule has 0 aliphatic carbocycles. The lowest BCUT2D eigenvalue weighted by Crippen LogP contribution is -2.31. The second-order valence-electron chi connectivity index (χ2n) is 5.77. The number of amides is 2. The fraction of sp³-hybridized carbons (Fsp3) is 0.263. The third kappa shape index (κ3) is 6.12. The first-order valence-electron chi connectivity index (χ1n) is 8.18. The van der Waals surface area contributed by atoms with Crippen LogP contribution in [0.5, 0.6) is 0 Å². The van der Waals surface area contributed by atoms with Gasteiger partial charge in [0.2, 0.25) is 5.91 Å². The first-order chi connectivity index (χ1) is 12.0. The van der Waals surface area contributed by atoms with Gasteiger partial charge in [-0.1, -0.05) is 24.6 Å². The van der Waals surface area contributed by atoms with E-state index in [2.05, 4.69) is 16.0 Å². The van der Waals surface area contributed by atoms with Gasteiger partial charge in [-0.3, -0.25) is 9.59 Å². The number of halogens is 1. The molecule has 1 atom stereocenters. The van der Waals surface area contributed by atoms with E-state index in [0.717, 1.165) is 6.42 Å². The highest BCUT2D eigenvalue weighted by molar-refractivity contribution is 6.30. The summed E-state index contributed by atoms with van der Waals surface area (Å²) < 4.78 is 0. The Labute approximate surface area is 152 Å². The molecule has 3 N–H and O–H groups in total. The predicted octanol–water partition coefficient (Wildman–Crippen LogP) is 3.92. The molecule has 132 valence electrons. The van der Waals surface area contributed by atoms with Crippen molar-refractivity contribution in [2.24, 2.45) is 0 Å². The van der Waals surface area contributed by atoms with Crippen molar-refractivity contribution in [1.82, 2.24) is 5.32 Å². The Morgan fingerprint density at radius 3 is 2.48 bits per heavy atom. The molecule has 0 saturated heterocycles. The lowest BCUT2D eigenvalue weighted by Gasteiger charge is -2.12. The number of nitrogens with one attached hydrogen (secondary N) is 3. The van der Waals surface area contributed by atoms with Gasteiger partial charge in [-0.05, 0) is 55.8 Å². The van der Waals surface area contributed by atoms with Crippen molar-refractivity contribution in [3.8, 4) is 0 Å². The smallest absolute Gasteiger partial charge is 0.251 e. The lowest BCUT2D eigenvalue weighted by molar-refractivity contribution is -0.114. The molecule has 1 unspecified atom stereocenters. The SMILES string of the molecule is CCC(C)NC(=O)c1cccc(NCC(=O)Nc2ccc(Cl)cc2)c1. The van der Waals surface area contributed by atoms with Gasteiger partial charge in [0.25, 0.3) is 5.91 Å².